The molecule has 0 atom stereocenters. The minimum absolute atomic E-state index is 0.00577. The number of hydrogen-bond donors (Lipinski definition) is 1. The lowest BCUT2D eigenvalue weighted by molar-refractivity contribution is 0.0487. The summed E-state index contributed by atoms with van der Waals surface area (Å²) in [7, 11) is 1.43. The number of methoxy groups -OCH3 is 1. The number of carbonyl (C=O) groups excluding carboxylic acids is 1. The second kappa shape index (κ2) is 6.13. The van der Waals surface area contributed by atoms with Gasteiger partial charge in [0.1, 0.15) is 0 Å². The molecule has 0 heterocycles. The monoisotopic (exact) mass is 238 g/mol. The lowest BCUT2D eigenvalue weighted by atomic mass is 10.1. The maximum absolute atomic E-state index is 11.6. The van der Waals surface area contributed by atoms with Crippen LogP contribution in [0, 0.1) is 5.92 Å². The van der Waals surface area contributed by atoms with E-state index in [4.69, 9.17) is 9.47 Å². The van der Waals surface area contributed by atoms with Crippen molar-refractivity contribution in [3.8, 4) is 11.5 Å². The highest BCUT2D eigenvalue weighted by Crippen LogP contribution is 2.26. The molecule has 0 saturated carbocycles. The fourth-order valence-corrected chi connectivity index (χ4v) is 1.28. The van der Waals surface area contributed by atoms with Gasteiger partial charge >= 0.3 is 5.97 Å². The zero-order valence-electron chi connectivity index (χ0n) is 10.4. The van der Waals surface area contributed by atoms with Gasteiger partial charge in [0.2, 0.25) is 0 Å². The molecule has 0 aliphatic rings. The minimum atomic E-state index is -0.399. The van der Waals surface area contributed by atoms with E-state index in [1.807, 2.05) is 0 Å². The van der Waals surface area contributed by atoms with Crippen LogP contribution in [0.4, 0.5) is 0 Å². The Kier molecular flexibility index (Phi) is 4.82. The van der Waals surface area contributed by atoms with E-state index >= 15 is 0 Å². The van der Waals surface area contributed by atoms with Gasteiger partial charge in [0, 0.05) is 0 Å². The maximum Gasteiger partial charge on any atom is 0.338 e. The molecule has 1 aromatic rings. The van der Waals surface area contributed by atoms with Gasteiger partial charge in [0.05, 0.1) is 19.3 Å². The van der Waals surface area contributed by atoms with Crippen LogP contribution in [0.15, 0.2) is 18.2 Å². The third kappa shape index (κ3) is 3.98. The van der Waals surface area contributed by atoms with Crippen molar-refractivity contribution < 1.29 is 19.4 Å². The van der Waals surface area contributed by atoms with E-state index in [0.717, 1.165) is 6.42 Å². The summed E-state index contributed by atoms with van der Waals surface area (Å²) in [5, 5.41) is 9.39. The van der Waals surface area contributed by atoms with Gasteiger partial charge in [-0.3, -0.25) is 0 Å². The number of rotatable bonds is 5. The summed E-state index contributed by atoms with van der Waals surface area (Å²) in [6.07, 6.45) is 0.834. The minimum Gasteiger partial charge on any atom is -0.504 e. The Morgan fingerprint density at radius 2 is 2.12 bits per heavy atom. The van der Waals surface area contributed by atoms with Crippen molar-refractivity contribution in [3.05, 3.63) is 23.8 Å². The van der Waals surface area contributed by atoms with Crippen LogP contribution < -0.4 is 4.74 Å². The number of hydrogen-bond acceptors (Lipinski definition) is 4. The molecule has 0 fully saturated rings. The summed E-state index contributed by atoms with van der Waals surface area (Å²) < 4.78 is 10.0. The molecule has 1 aromatic carbocycles. The SMILES string of the molecule is COc1cc(C(=O)OCCC(C)C)ccc1O. The quantitative estimate of drug-likeness (QED) is 0.801. The summed E-state index contributed by atoms with van der Waals surface area (Å²) in [5.74, 6) is 0.371. The van der Waals surface area contributed by atoms with Gasteiger partial charge < -0.3 is 14.6 Å². The van der Waals surface area contributed by atoms with Crippen LogP contribution >= 0.6 is 0 Å². The van der Waals surface area contributed by atoms with E-state index in [2.05, 4.69) is 13.8 Å². The zero-order valence-corrected chi connectivity index (χ0v) is 10.4. The van der Waals surface area contributed by atoms with Crippen molar-refractivity contribution >= 4 is 5.97 Å². The fraction of sp³-hybridized carbons (Fsp3) is 0.462. The summed E-state index contributed by atoms with van der Waals surface area (Å²) >= 11 is 0. The van der Waals surface area contributed by atoms with Crippen LogP contribution in [0.3, 0.4) is 0 Å². The number of benzene rings is 1. The van der Waals surface area contributed by atoms with Gasteiger partial charge in [-0.1, -0.05) is 13.8 Å². The first-order chi connectivity index (χ1) is 8.04. The molecule has 0 aliphatic heterocycles. The maximum atomic E-state index is 11.6. The summed E-state index contributed by atoms with van der Waals surface area (Å²) in [4.78, 5) is 11.6. The van der Waals surface area contributed by atoms with Crippen LogP contribution in [0.5, 0.6) is 11.5 Å². The molecular weight excluding hydrogens is 220 g/mol. The zero-order chi connectivity index (χ0) is 12.8. The Balaban J connectivity index is 2.63. The van der Waals surface area contributed by atoms with Gasteiger partial charge in [-0.2, -0.15) is 0 Å². The Bertz CT molecular complexity index is 385. The molecule has 4 nitrogen and oxygen atoms in total. The van der Waals surface area contributed by atoms with Crippen LogP contribution in [-0.2, 0) is 4.74 Å². The van der Waals surface area contributed by atoms with Gasteiger partial charge in [-0.15, -0.1) is 0 Å². The molecule has 0 aromatic heterocycles. The molecule has 4 heteroatoms. The number of phenols is 1. The third-order valence-corrected chi connectivity index (χ3v) is 2.34. The number of ether oxygens (including phenoxy) is 2. The molecule has 0 amide bonds. The number of phenolic OH excluding ortho intramolecular Hbond substituents is 1. The molecule has 0 bridgehead atoms. The Morgan fingerprint density at radius 3 is 2.71 bits per heavy atom. The van der Waals surface area contributed by atoms with Gasteiger partial charge in [0.25, 0.3) is 0 Å². The van der Waals surface area contributed by atoms with Crippen molar-refractivity contribution in [1.82, 2.24) is 0 Å². The van der Waals surface area contributed by atoms with E-state index in [1.54, 1.807) is 0 Å². The van der Waals surface area contributed by atoms with Gasteiger partial charge in [-0.25, -0.2) is 4.79 Å². The van der Waals surface area contributed by atoms with E-state index in [-0.39, 0.29) is 11.5 Å². The van der Waals surface area contributed by atoms with Crippen LogP contribution in [0.1, 0.15) is 30.6 Å². The van der Waals surface area contributed by atoms with E-state index in [1.165, 1.54) is 25.3 Å². The van der Waals surface area contributed by atoms with Crippen molar-refractivity contribution in [3.63, 3.8) is 0 Å². The molecule has 0 saturated heterocycles. The smallest absolute Gasteiger partial charge is 0.338 e. The van der Waals surface area contributed by atoms with Crippen LogP contribution in [-0.4, -0.2) is 24.8 Å². The number of esters is 1. The average molecular weight is 238 g/mol. The molecule has 0 unspecified atom stereocenters. The highest BCUT2D eigenvalue weighted by molar-refractivity contribution is 5.90. The third-order valence-electron chi connectivity index (χ3n) is 2.34. The Morgan fingerprint density at radius 1 is 1.41 bits per heavy atom. The van der Waals surface area contributed by atoms with Crippen molar-refractivity contribution in [1.29, 1.82) is 0 Å². The van der Waals surface area contributed by atoms with Crippen molar-refractivity contribution in [2.45, 2.75) is 20.3 Å². The van der Waals surface area contributed by atoms with E-state index in [9.17, 15) is 9.90 Å². The fourth-order valence-electron chi connectivity index (χ4n) is 1.28. The number of aromatic hydroxyl groups is 1. The molecule has 17 heavy (non-hydrogen) atoms. The summed E-state index contributed by atoms with van der Waals surface area (Å²) in [5.41, 5.74) is 0.378. The first-order valence-corrected chi connectivity index (χ1v) is 5.58. The molecule has 0 aliphatic carbocycles. The second-order valence-corrected chi connectivity index (χ2v) is 4.21. The lowest BCUT2D eigenvalue weighted by Gasteiger charge is -2.08. The normalized spacial score (nSPS) is 10.4. The molecule has 0 radical (unpaired) electrons. The van der Waals surface area contributed by atoms with Crippen molar-refractivity contribution in [2.24, 2.45) is 5.92 Å². The predicted molar refractivity (Wildman–Crippen MR) is 64.4 cm³/mol. The van der Waals surface area contributed by atoms with E-state index in [0.29, 0.717) is 18.1 Å². The molecule has 1 N–H and O–H groups in total. The predicted octanol–water partition coefficient (Wildman–Crippen LogP) is 2.60. The lowest BCUT2D eigenvalue weighted by Crippen LogP contribution is -2.08. The van der Waals surface area contributed by atoms with Gasteiger partial charge in [0.15, 0.2) is 11.5 Å². The standard InChI is InChI=1S/C13H18O4/c1-9(2)6-7-17-13(15)10-4-5-11(14)12(8-10)16-3/h4-5,8-9,14H,6-7H2,1-3H3. The Labute approximate surface area is 101 Å². The molecule has 1 rings (SSSR count). The van der Waals surface area contributed by atoms with Gasteiger partial charge in [-0.05, 0) is 30.5 Å². The Hall–Kier alpha value is -1.71. The largest absolute Gasteiger partial charge is 0.504 e. The van der Waals surface area contributed by atoms with Crippen molar-refractivity contribution in [2.75, 3.05) is 13.7 Å². The topological polar surface area (TPSA) is 55.8 Å². The highest BCUT2D eigenvalue weighted by atomic mass is 16.5. The second-order valence-electron chi connectivity index (χ2n) is 4.21. The molecular formula is C13H18O4. The van der Waals surface area contributed by atoms with E-state index < -0.39 is 5.97 Å². The number of carbonyl (C=O) groups is 1. The van der Waals surface area contributed by atoms with Crippen LogP contribution in [0.2, 0.25) is 0 Å². The summed E-state index contributed by atoms with van der Waals surface area (Å²) in [6.45, 7) is 4.54. The highest BCUT2D eigenvalue weighted by Gasteiger charge is 2.11. The molecule has 94 valence electrons. The first-order valence-electron chi connectivity index (χ1n) is 5.58. The first kappa shape index (κ1) is 13.4. The summed E-state index contributed by atoms with van der Waals surface area (Å²) in [6, 6.07) is 4.39. The average Bonchev–Trinajstić information content (AvgIpc) is 2.29. The molecule has 0 spiro atoms. The van der Waals surface area contributed by atoms with Crippen LogP contribution in [0.25, 0.3) is 0 Å².